The molecule has 0 fully saturated rings. The van der Waals surface area contributed by atoms with Crippen LogP contribution in [0.15, 0.2) is 54.6 Å². The first-order valence-corrected chi connectivity index (χ1v) is 7.67. The maximum Gasteiger partial charge on any atom is 0.0406 e. The number of hydrogen-bond acceptors (Lipinski definition) is 1. The van der Waals surface area contributed by atoms with E-state index in [1.807, 2.05) is 12.1 Å². The van der Waals surface area contributed by atoms with Crippen molar-refractivity contribution in [3.05, 3.63) is 70.7 Å². The van der Waals surface area contributed by atoms with Crippen molar-refractivity contribution < 1.29 is 0 Å². The number of rotatable bonds is 7. The Morgan fingerprint density at radius 3 is 2.30 bits per heavy atom. The standard InChI is InChI=1S/C18H22ClN/c1-2-20-18(13-10-15-6-4-3-5-7-15)14-16-8-11-17(19)12-9-16/h3-9,11-12,18,20H,2,10,13-14H2,1H3. The minimum Gasteiger partial charge on any atom is -0.314 e. The molecular weight excluding hydrogens is 266 g/mol. The van der Waals surface area contributed by atoms with Crippen LogP contribution in [-0.2, 0) is 12.8 Å². The number of hydrogen-bond donors (Lipinski definition) is 1. The zero-order chi connectivity index (χ0) is 14.2. The minimum absolute atomic E-state index is 0.515. The Balaban J connectivity index is 1.91. The third kappa shape index (κ3) is 4.99. The van der Waals surface area contributed by atoms with Gasteiger partial charge in [-0.2, -0.15) is 0 Å². The summed E-state index contributed by atoms with van der Waals surface area (Å²) in [5.74, 6) is 0. The first-order valence-electron chi connectivity index (χ1n) is 7.29. The Bertz CT molecular complexity index is 493. The Labute approximate surface area is 127 Å². The average molecular weight is 288 g/mol. The molecular formula is C18H22ClN. The van der Waals surface area contributed by atoms with Gasteiger partial charge in [-0.15, -0.1) is 0 Å². The van der Waals surface area contributed by atoms with Crippen LogP contribution in [0, 0.1) is 0 Å². The quantitative estimate of drug-likeness (QED) is 0.791. The van der Waals surface area contributed by atoms with E-state index in [0.717, 1.165) is 30.8 Å². The van der Waals surface area contributed by atoms with Gasteiger partial charge in [0.2, 0.25) is 0 Å². The van der Waals surface area contributed by atoms with E-state index in [9.17, 15) is 0 Å². The molecule has 0 saturated carbocycles. The van der Waals surface area contributed by atoms with E-state index in [1.165, 1.54) is 11.1 Å². The molecule has 0 radical (unpaired) electrons. The van der Waals surface area contributed by atoms with Crippen LogP contribution in [0.4, 0.5) is 0 Å². The van der Waals surface area contributed by atoms with E-state index >= 15 is 0 Å². The summed E-state index contributed by atoms with van der Waals surface area (Å²) in [6.45, 7) is 3.17. The lowest BCUT2D eigenvalue weighted by atomic mass is 9.99. The molecule has 0 spiro atoms. The van der Waals surface area contributed by atoms with Crippen LogP contribution in [0.3, 0.4) is 0 Å². The number of likely N-dealkylation sites (N-methyl/N-ethyl adjacent to an activating group) is 1. The highest BCUT2D eigenvalue weighted by Crippen LogP contribution is 2.13. The molecule has 0 aliphatic heterocycles. The fourth-order valence-corrected chi connectivity index (χ4v) is 2.58. The first-order chi connectivity index (χ1) is 9.78. The summed E-state index contributed by atoms with van der Waals surface area (Å²) in [6, 6.07) is 19.4. The van der Waals surface area contributed by atoms with Crippen LogP contribution >= 0.6 is 11.6 Å². The monoisotopic (exact) mass is 287 g/mol. The molecule has 2 aromatic rings. The van der Waals surface area contributed by atoms with E-state index in [-0.39, 0.29) is 0 Å². The molecule has 0 heterocycles. The van der Waals surface area contributed by atoms with E-state index in [4.69, 9.17) is 11.6 Å². The number of aryl methyl sites for hydroxylation is 1. The highest BCUT2D eigenvalue weighted by molar-refractivity contribution is 6.30. The second kappa shape index (κ2) is 8.08. The van der Waals surface area contributed by atoms with Gasteiger partial charge in [-0.25, -0.2) is 0 Å². The van der Waals surface area contributed by atoms with Gasteiger partial charge in [0, 0.05) is 11.1 Å². The molecule has 106 valence electrons. The predicted molar refractivity (Wildman–Crippen MR) is 87.4 cm³/mol. The van der Waals surface area contributed by atoms with Gasteiger partial charge in [0.15, 0.2) is 0 Å². The van der Waals surface area contributed by atoms with Crippen molar-refractivity contribution in [3.63, 3.8) is 0 Å². The third-order valence-electron chi connectivity index (χ3n) is 3.51. The predicted octanol–water partition coefficient (Wildman–Crippen LogP) is 4.49. The van der Waals surface area contributed by atoms with E-state index < -0.39 is 0 Å². The van der Waals surface area contributed by atoms with Gasteiger partial charge in [0.1, 0.15) is 0 Å². The lowest BCUT2D eigenvalue weighted by Crippen LogP contribution is -2.31. The largest absolute Gasteiger partial charge is 0.314 e. The van der Waals surface area contributed by atoms with Gasteiger partial charge >= 0.3 is 0 Å². The van der Waals surface area contributed by atoms with Crippen molar-refractivity contribution in [1.82, 2.24) is 5.32 Å². The lowest BCUT2D eigenvalue weighted by Gasteiger charge is -2.18. The smallest absolute Gasteiger partial charge is 0.0406 e. The van der Waals surface area contributed by atoms with E-state index in [2.05, 4.69) is 54.7 Å². The molecule has 0 aliphatic rings. The molecule has 0 amide bonds. The third-order valence-corrected chi connectivity index (χ3v) is 3.76. The van der Waals surface area contributed by atoms with Crippen molar-refractivity contribution in [3.8, 4) is 0 Å². The van der Waals surface area contributed by atoms with Crippen LogP contribution < -0.4 is 5.32 Å². The zero-order valence-electron chi connectivity index (χ0n) is 12.0. The zero-order valence-corrected chi connectivity index (χ0v) is 12.7. The fourth-order valence-electron chi connectivity index (χ4n) is 2.46. The number of nitrogens with one attached hydrogen (secondary N) is 1. The normalized spacial score (nSPS) is 12.3. The summed E-state index contributed by atoms with van der Waals surface area (Å²) in [5, 5.41) is 4.39. The lowest BCUT2D eigenvalue weighted by molar-refractivity contribution is 0.491. The summed E-state index contributed by atoms with van der Waals surface area (Å²) < 4.78 is 0. The van der Waals surface area contributed by atoms with Gasteiger partial charge in [-0.3, -0.25) is 0 Å². The highest BCUT2D eigenvalue weighted by Gasteiger charge is 2.08. The van der Waals surface area contributed by atoms with Crippen molar-refractivity contribution in [2.45, 2.75) is 32.2 Å². The van der Waals surface area contributed by atoms with Crippen molar-refractivity contribution in [1.29, 1.82) is 0 Å². The number of halogens is 1. The Morgan fingerprint density at radius 2 is 1.65 bits per heavy atom. The van der Waals surface area contributed by atoms with Crippen LogP contribution in [0.5, 0.6) is 0 Å². The minimum atomic E-state index is 0.515. The highest BCUT2D eigenvalue weighted by atomic mass is 35.5. The Hall–Kier alpha value is -1.31. The molecule has 1 unspecified atom stereocenters. The molecule has 0 aliphatic carbocycles. The molecule has 1 atom stereocenters. The number of benzene rings is 2. The maximum atomic E-state index is 5.93. The second-order valence-corrected chi connectivity index (χ2v) is 5.55. The molecule has 1 N–H and O–H groups in total. The Kier molecular flexibility index (Phi) is 6.10. The van der Waals surface area contributed by atoms with E-state index in [0.29, 0.717) is 6.04 Å². The van der Waals surface area contributed by atoms with Gasteiger partial charge in [-0.05, 0) is 49.1 Å². The van der Waals surface area contributed by atoms with Gasteiger partial charge in [-0.1, -0.05) is 61.0 Å². The summed E-state index contributed by atoms with van der Waals surface area (Å²) in [5.41, 5.74) is 2.75. The van der Waals surface area contributed by atoms with Crippen molar-refractivity contribution in [2.75, 3.05) is 6.54 Å². The average Bonchev–Trinajstić information content (AvgIpc) is 2.48. The second-order valence-electron chi connectivity index (χ2n) is 5.11. The summed E-state index contributed by atoms with van der Waals surface area (Å²) in [4.78, 5) is 0. The molecule has 2 heteroatoms. The summed E-state index contributed by atoms with van der Waals surface area (Å²) >= 11 is 5.93. The SMILES string of the molecule is CCNC(CCc1ccccc1)Cc1ccc(Cl)cc1. The van der Waals surface area contributed by atoms with Gasteiger partial charge in [0.05, 0.1) is 0 Å². The Morgan fingerprint density at radius 1 is 0.950 bits per heavy atom. The molecule has 2 aromatic carbocycles. The molecule has 2 rings (SSSR count). The maximum absolute atomic E-state index is 5.93. The molecule has 0 saturated heterocycles. The molecule has 0 bridgehead atoms. The molecule has 1 nitrogen and oxygen atoms in total. The summed E-state index contributed by atoms with van der Waals surface area (Å²) in [7, 11) is 0. The fraction of sp³-hybridized carbons (Fsp3) is 0.333. The first kappa shape index (κ1) is 15.1. The van der Waals surface area contributed by atoms with Crippen molar-refractivity contribution in [2.24, 2.45) is 0 Å². The van der Waals surface area contributed by atoms with Crippen LogP contribution in [0.1, 0.15) is 24.5 Å². The van der Waals surface area contributed by atoms with Gasteiger partial charge in [0.25, 0.3) is 0 Å². The van der Waals surface area contributed by atoms with Crippen molar-refractivity contribution >= 4 is 11.6 Å². The topological polar surface area (TPSA) is 12.0 Å². The molecule has 0 aromatic heterocycles. The molecule has 20 heavy (non-hydrogen) atoms. The summed E-state index contributed by atoms with van der Waals surface area (Å²) in [6.07, 6.45) is 3.32. The van der Waals surface area contributed by atoms with Crippen LogP contribution in [0.2, 0.25) is 5.02 Å². The van der Waals surface area contributed by atoms with Crippen LogP contribution in [-0.4, -0.2) is 12.6 Å². The van der Waals surface area contributed by atoms with E-state index in [1.54, 1.807) is 0 Å². The van der Waals surface area contributed by atoms with Gasteiger partial charge < -0.3 is 5.32 Å². The van der Waals surface area contributed by atoms with Crippen LogP contribution in [0.25, 0.3) is 0 Å².